The van der Waals surface area contributed by atoms with E-state index < -0.39 is 51.0 Å². The smallest absolute Gasteiger partial charge is 0.330 e. The molecule has 0 amide bonds. The van der Waals surface area contributed by atoms with Crippen LogP contribution in [-0.2, 0) is 24.2 Å². The van der Waals surface area contributed by atoms with Crippen molar-refractivity contribution in [3.63, 3.8) is 0 Å². The Morgan fingerprint density at radius 2 is 1.27 bits per heavy atom. The first kappa shape index (κ1) is 41.8. The van der Waals surface area contributed by atoms with Crippen LogP contribution in [0, 0.1) is 6.92 Å². The second kappa shape index (κ2) is 17.9. The highest BCUT2D eigenvalue weighted by atomic mass is 31.2. The number of hydrogen-bond acceptors (Lipinski definition) is 8. The van der Waals surface area contributed by atoms with Gasteiger partial charge in [0.1, 0.15) is 37.5 Å². The molecule has 13 heteroatoms. The van der Waals surface area contributed by atoms with Crippen LogP contribution < -0.4 is 31.1 Å². The van der Waals surface area contributed by atoms with Gasteiger partial charge in [-0.3, -0.25) is 18.9 Å². The fourth-order valence-electron chi connectivity index (χ4n) is 7.91. The van der Waals surface area contributed by atoms with E-state index in [0.29, 0.717) is 23.1 Å². The van der Waals surface area contributed by atoms with E-state index >= 15 is 0 Å². The number of nitrogens with one attached hydrogen (secondary N) is 1. The molecular weight excluding hydrogens is 784 g/mol. The summed E-state index contributed by atoms with van der Waals surface area (Å²) in [5.74, 6) is 1.33. The van der Waals surface area contributed by atoms with Crippen LogP contribution in [0.3, 0.4) is 0 Å². The molecule has 2 N–H and O–H groups in total. The van der Waals surface area contributed by atoms with Gasteiger partial charge in [-0.2, -0.15) is 0 Å². The van der Waals surface area contributed by atoms with Crippen molar-refractivity contribution in [1.82, 2.24) is 9.55 Å². The molecule has 306 valence electrons. The summed E-state index contributed by atoms with van der Waals surface area (Å²) in [6, 6.07) is 45.6. The van der Waals surface area contributed by atoms with Crippen molar-refractivity contribution in [1.29, 1.82) is 0 Å². The summed E-state index contributed by atoms with van der Waals surface area (Å²) in [4.78, 5) is 39.6. The van der Waals surface area contributed by atoms with Crippen molar-refractivity contribution in [2.24, 2.45) is 0 Å². The number of benzene rings is 5. The maximum atomic E-state index is 14.3. The van der Waals surface area contributed by atoms with Crippen LogP contribution in [0.2, 0.25) is 12.6 Å². The number of aromatic nitrogens is 2. The number of ether oxygens (including phenoxy) is 4. The third-order valence-corrected chi connectivity index (χ3v) is 17.6. The Bertz CT molecular complexity index is 2390. The first-order chi connectivity index (χ1) is 28.5. The first-order valence-electron chi connectivity index (χ1n) is 19.5. The lowest BCUT2D eigenvalue weighted by molar-refractivity contribution is -0.0922. The Morgan fingerprint density at radius 1 is 0.780 bits per heavy atom. The predicted octanol–water partition coefficient (Wildman–Crippen LogP) is 6.62. The van der Waals surface area contributed by atoms with E-state index in [-0.39, 0.29) is 19.2 Å². The van der Waals surface area contributed by atoms with E-state index in [1.165, 1.54) is 10.8 Å². The minimum Gasteiger partial charge on any atom is -0.497 e. The van der Waals surface area contributed by atoms with Crippen molar-refractivity contribution in [2.45, 2.75) is 50.0 Å². The van der Waals surface area contributed by atoms with Crippen molar-refractivity contribution in [2.75, 3.05) is 27.0 Å². The Balaban J connectivity index is 1.25. The van der Waals surface area contributed by atoms with E-state index in [2.05, 4.69) is 35.8 Å². The van der Waals surface area contributed by atoms with Gasteiger partial charge < -0.3 is 28.4 Å². The van der Waals surface area contributed by atoms with Crippen LogP contribution in [0.15, 0.2) is 155 Å². The van der Waals surface area contributed by atoms with E-state index in [9.17, 15) is 19.0 Å². The van der Waals surface area contributed by atoms with Gasteiger partial charge in [-0.15, -0.1) is 0 Å². The average Bonchev–Trinajstić information content (AvgIpc) is 3.66. The van der Waals surface area contributed by atoms with Crippen LogP contribution in [0.4, 0.5) is 0 Å². The Hall–Kier alpha value is -5.33. The third kappa shape index (κ3) is 8.99. The molecule has 1 saturated heterocycles. The normalized spacial score (nSPS) is 17.9. The minimum absolute atomic E-state index is 0.0411. The standard InChI is InChI=1S/C46H49N2O9PSi/c1-33-31-48(45(50)47-44(33)49)43-30-41(57-58(51,52)28-29-59(4,39-16-10-6-11-17-39)40-18-12-7-13-19-40)42(56-43)32-55-46(34-14-8-5-9-15-34,35-20-24-37(53-2)25-21-35)36-22-26-38(54-3)27-23-36/h5-27,31,41-43H,28-30,32H2,1-4H3,(H,51,52)(H,47,49,50)/t41-,42+,43+/m0/s1. The summed E-state index contributed by atoms with van der Waals surface area (Å²) in [5, 5.41) is 2.28. The summed E-state index contributed by atoms with van der Waals surface area (Å²) < 4.78 is 46.6. The maximum Gasteiger partial charge on any atom is 0.330 e. The molecule has 59 heavy (non-hydrogen) atoms. The molecule has 1 aromatic heterocycles. The van der Waals surface area contributed by atoms with Gasteiger partial charge in [0, 0.05) is 24.3 Å². The lowest BCUT2D eigenvalue weighted by Crippen LogP contribution is -2.56. The molecule has 6 aromatic rings. The molecule has 0 spiro atoms. The van der Waals surface area contributed by atoms with Gasteiger partial charge in [-0.05, 0) is 53.9 Å². The number of methoxy groups -OCH3 is 2. The molecule has 1 aliphatic rings. The van der Waals surface area contributed by atoms with Gasteiger partial charge in [0.05, 0.1) is 26.9 Å². The summed E-state index contributed by atoms with van der Waals surface area (Å²) in [5.41, 5.74) is 0.299. The van der Waals surface area contributed by atoms with Crippen molar-refractivity contribution < 1.29 is 32.9 Å². The highest BCUT2D eigenvalue weighted by Crippen LogP contribution is 2.49. The van der Waals surface area contributed by atoms with E-state index in [4.69, 9.17) is 23.5 Å². The number of nitrogens with zero attached hydrogens (tertiary/aromatic N) is 1. The zero-order valence-corrected chi connectivity index (χ0v) is 35.4. The number of H-pyrrole nitrogens is 1. The van der Waals surface area contributed by atoms with Crippen LogP contribution in [0.1, 0.15) is 34.9 Å². The summed E-state index contributed by atoms with van der Waals surface area (Å²) in [6.45, 7) is 3.68. The Kier molecular flexibility index (Phi) is 12.7. The number of rotatable bonds is 16. The summed E-state index contributed by atoms with van der Waals surface area (Å²) >= 11 is 0. The monoisotopic (exact) mass is 832 g/mol. The third-order valence-electron chi connectivity index (χ3n) is 11.3. The fourth-order valence-corrected chi connectivity index (χ4v) is 14.3. The molecule has 1 aliphatic heterocycles. The molecule has 5 aromatic carbocycles. The molecule has 2 heterocycles. The largest absolute Gasteiger partial charge is 0.497 e. The Labute approximate surface area is 344 Å². The molecule has 11 nitrogen and oxygen atoms in total. The molecule has 0 saturated carbocycles. The molecule has 4 atom stereocenters. The molecule has 0 aliphatic carbocycles. The topological polar surface area (TPSA) is 138 Å². The SMILES string of the molecule is COc1ccc(C(OC[C@H]2O[C@@H](n3cc(C)c(=O)[nH]c3=O)C[C@@H]2OP(=O)(O)CC[Si](C)(c2ccccc2)c2ccccc2)(c2ccccc2)c2ccc(OC)cc2)cc1. The van der Waals surface area contributed by atoms with Crippen molar-refractivity contribution >= 4 is 26.0 Å². The lowest BCUT2D eigenvalue weighted by Gasteiger charge is -2.37. The van der Waals surface area contributed by atoms with Gasteiger partial charge in [0.25, 0.3) is 5.56 Å². The molecule has 0 radical (unpaired) electrons. The van der Waals surface area contributed by atoms with Gasteiger partial charge in [-0.1, -0.05) is 132 Å². The second-order valence-electron chi connectivity index (χ2n) is 15.0. The van der Waals surface area contributed by atoms with Gasteiger partial charge in [0.2, 0.25) is 0 Å². The summed E-state index contributed by atoms with van der Waals surface area (Å²) in [6.07, 6.45) is -1.46. The zero-order valence-electron chi connectivity index (χ0n) is 33.5. The predicted molar refractivity (Wildman–Crippen MR) is 231 cm³/mol. The number of aromatic amines is 1. The fraction of sp³-hybridized carbons (Fsp3) is 0.261. The number of aryl methyl sites for hydroxylation is 1. The van der Waals surface area contributed by atoms with Crippen molar-refractivity contribution in [3.8, 4) is 11.5 Å². The van der Waals surface area contributed by atoms with Crippen LogP contribution in [0.25, 0.3) is 0 Å². The zero-order chi connectivity index (χ0) is 41.6. The molecular formula is C46H49N2O9PSi. The highest BCUT2D eigenvalue weighted by Gasteiger charge is 2.46. The van der Waals surface area contributed by atoms with Crippen LogP contribution in [0.5, 0.6) is 11.5 Å². The van der Waals surface area contributed by atoms with E-state index in [0.717, 1.165) is 27.1 Å². The molecule has 0 bridgehead atoms. The Morgan fingerprint density at radius 3 is 1.78 bits per heavy atom. The maximum absolute atomic E-state index is 14.3. The lowest BCUT2D eigenvalue weighted by atomic mass is 9.80. The molecule has 7 rings (SSSR count). The molecule has 1 unspecified atom stereocenters. The quantitative estimate of drug-likeness (QED) is 0.0626. The van der Waals surface area contributed by atoms with Gasteiger partial charge in [-0.25, -0.2) is 4.79 Å². The van der Waals surface area contributed by atoms with E-state index in [1.807, 2.05) is 115 Å². The molecule has 1 fully saturated rings. The first-order valence-corrected chi connectivity index (χ1v) is 24.0. The van der Waals surface area contributed by atoms with E-state index in [1.54, 1.807) is 21.1 Å². The number of hydrogen-bond donors (Lipinski definition) is 2. The minimum atomic E-state index is -4.29. The van der Waals surface area contributed by atoms with Crippen LogP contribution >= 0.6 is 7.60 Å². The second-order valence-corrected chi connectivity index (χ2v) is 21.2. The van der Waals surface area contributed by atoms with Gasteiger partial charge in [0.15, 0.2) is 0 Å². The van der Waals surface area contributed by atoms with Crippen molar-refractivity contribution in [3.05, 3.63) is 189 Å². The van der Waals surface area contributed by atoms with Crippen LogP contribution in [-0.4, -0.2) is 61.7 Å². The van der Waals surface area contributed by atoms with Gasteiger partial charge >= 0.3 is 13.3 Å². The summed E-state index contributed by atoms with van der Waals surface area (Å²) in [7, 11) is -3.58. The highest BCUT2D eigenvalue weighted by molar-refractivity contribution is 7.53. The average molecular weight is 833 g/mol.